The van der Waals surface area contributed by atoms with Crippen LogP contribution in [-0.4, -0.2) is 80.6 Å². The van der Waals surface area contributed by atoms with Crippen LogP contribution in [0.3, 0.4) is 0 Å². The number of carbonyl (C=O) groups is 5. The fraction of sp³-hybridized carbons (Fsp3) is 0.767. The lowest BCUT2D eigenvalue weighted by molar-refractivity contribution is -0.757. The van der Waals surface area contributed by atoms with Crippen molar-refractivity contribution in [3.8, 4) is 0 Å². The number of fused-ring (bicyclic) bond motifs is 5. The zero-order valence-corrected chi connectivity index (χ0v) is 26.2. The first kappa shape index (κ1) is 34.0. The Kier molecular flexibility index (Phi) is 10.3. The van der Waals surface area contributed by atoms with E-state index >= 15 is 0 Å². The molecule has 0 aliphatic heterocycles. The zero-order valence-electron chi connectivity index (χ0n) is 25.4. The molecule has 0 aromatic heterocycles. The first-order valence-corrected chi connectivity index (χ1v) is 16.1. The summed E-state index contributed by atoms with van der Waals surface area (Å²) < 4.78 is 5.27. The van der Waals surface area contributed by atoms with Crippen LogP contribution in [0.5, 0.6) is 0 Å². The fourth-order valence-corrected chi connectivity index (χ4v) is 9.39. The Morgan fingerprint density at radius 1 is 1.20 bits per heavy atom. The minimum atomic E-state index is -1.83. The van der Waals surface area contributed by atoms with Gasteiger partial charge in [0, 0.05) is 30.9 Å². The number of carbonyl (C=O) groups excluding carboxylic acids is 5. The van der Waals surface area contributed by atoms with Gasteiger partial charge in [0.25, 0.3) is 5.09 Å². The molecule has 3 fully saturated rings. The summed E-state index contributed by atoms with van der Waals surface area (Å²) in [6.45, 7) is 4.16. The highest BCUT2D eigenvalue weighted by atomic mass is 32.2. The molecule has 4 rings (SSSR count). The smallest absolute Gasteiger partial charge is 0.329 e. The lowest BCUT2D eigenvalue weighted by atomic mass is 9.45. The predicted octanol–water partition coefficient (Wildman–Crippen LogP) is 2.09. The summed E-state index contributed by atoms with van der Waals surface area (Å²) in [4.78, 5) is 76.8. The third-order valence-corrected chi connectivity index (χ3v) is 11.7. The largest absolute Gasteiger partial charge is 0.456 e. The number of aliphatic hydroxyl groups excluding tert-OH is 1. The fourth-order valence-electron chi connectivity index (χ4n) is 8.52. The van der Waals surface area contributed by atoms with Crippen LogP contribution in [0.4, 0.5) is 0 Å². The number of hydrogen-bond acceptors (Lipinski definition) is 12. The van der Waals surface area contributed by atoms with Crippen molar-refractivity contribution in [2.24, 2.45) is 28.6 Å². The van der Waals surface area contributed by atoms with E-state index in [2.05, 4.69) is 17.1 Å². The first-order valence-electron chi connectivity index (χ1n) is 15.2. The van der Waals surface area contributed by atoms with Crippen LogP contribution in [0.2, 0.25) is 0 Å². The molecule has 3 saturated carbocycles. The van der Waals surface area contributed by atoms with Gasteiger partial charge < -0.3 is 25.1 Å². The third-order valence-electron chi connectivity index (χ3n) is 10.7. The molecule has 0 aromatic rings. The summed E-state index contributed by atoms with van der Waals surface area (Å²) in [5.41, 5.74) is -1.99. The van der Waals surface area contributed by atoms with Crippen LogP contribution in [0.25, 0.3) is 0 Å². The second kappa shape index (κ2) is 13.3. The number of thioether (sulfide) groups is 1. The number of aliphatic hydroxyl groups is 2. The number of ketones is 2. The predicted molar refractivity (Wildman–Crippen MR) is 156 cm³/mol. The second-order valence-electron chi connectivity index (χ2n) is 13.1. The van der Waals surface area contributed by atoms with Crippen molar-refractivity contribution in [3.63, 3.8) is 0 Å². The molecule has 0 aromatic carbocycles. The number of Topliss-reactive ketones (excluding diaryl/α,β-unsaturated/α-hetero) is 1. The molecule has 0 heterocycles. The third kappa shape index (κ3) is 6.57. The van der Waals surface area contributed by atoms with Crippen molar-refractivity contribution in [2.75, 3.05) is 19.0 Å². The van der Waals surface area contributed by atoms with E-state index < -0.39 is 52.5 Å². The van der Waals surface area contributed by atoms with Gasteiger partial charge >= 0.3 is 5.97 Å². The van der Waals surface area contributed by atoms with Gasteiger partial charge in [-0.3, -0.25) is 19.2 Å². The van der Waals surface area contributed by atoms with Gasteiger partial charge in [-0.05, 0) is 74.2 Å². The van der Waals surface area contributed by atoms with Crippen LogP contribution in [-0.2, 0) is 33.5 Å². The van der Waals surface area contributed by atoms with Crippen LogP contribution in [0, 0.1) is 38.7 Å². The molecule has 8 unspecified atom stereocenters. The van der Waals surface area contributed by atoms with Gasteiger partial charge in [0.05, 0.1) is 12.7 Å². The van der Waals surface area contributed by atoms with E-state index in [-0.39, 0.29) is 72.1 Å². The molecule has 4 aliphatic rings. The van der Waals surface area contributed by atoms with Gasteiger partial charge in [0.1, 0.15) is 11.6 Å². The standard InChI is InChI=1S/C30H42N2O11S/c1-17(33)31-22(16-44-25(37)5-4-12-43-32(40)41)27(38)42-15-24(36)30(39)11-9-21-20-7-6-18-13-19(34)8-10-28(18,2)26(20)23(35)14-29(21,30)3/h13,20-23,26,35,39H,4-12,14-16H2,1-3H3,(H,31,33). The zero-order chi connectivity index (χ0) is 32.4. The summed E-state index contributed by atoms with van der Waals surface area (Å²) >= 11 is 0.740. The summed E-state index contributed by atoms with van der Waals surface area (Å²) in [6.07, 6.45) is 4.57. The van der Waals surface area contributed by atoms with E-state index in [1.54, 1.807) is 6.08 Å². The molecule has 44 heavy (non-hydrogen) atoms. The van der Waals surface area contributed by atoms with Gasteiger partial charge in [-0.15, -0.1) is 10.1 Å². The Balaban J connectivity index is 1.39. The van der Waals surface area contributed by atoms with E-state index in [0.29, 0.717) is 19.3 Å². The number of allylic oxidation sites excluding steroid dienone is 1. The second-order valence-corrected chi connectivity index (χ2v) is 14.2. The Morgan fingerprint density at radius 2 is 1.93 bits per heavy atom. The lowest BCUT2D eigenvalue weighted by Gasteiger charge is -2.60. The molecular weight excluding hydrogens is 596 g/mol. The molecule has 8 atom stereocenters. The maximum absolute atomic E-state index is 13.6. The van der Waals surface area contributed by atoms with E-state index in [1.807, 2.05) is 6.92 Å². The molecule has 4 aliphatic carbocycles. The normalized spacial score (nSPS) is 34.8. The van der Waals surface area contributed by atoms with E-state index in [4.69, 9.17) is 4.74 Å². The van der Waals surface area contributed by atoms with E-state index in [9.17, 15) is 44.3 Å². The molecule has 0 bridgehead atoms. The molecule has 13 nitrogen and oxygen atoms in total. The van der Waals surface area contributed by atoms with Crippen LogP contribution in [0.1, 0.15) is 78.6 Å². The number of amides is 1. The first-order chi connectivity index (χ1) is 20.6. The van der Waals surface area contributed by atoms with Crippen molar-refractivity contribution in [3.05, 3.63) is 21.8 Å². The van der Waals surface area contributed by atoms with Crippen molar-refractivity contribution >= 4 is 40.3 Å². The maximum atomic E-state index is 13.6. The number of hydrogen-bond donors (Lipinski definition) is 3. The quantitative estimate of drug-likeness (QED) is 0.122. The molecular formula is C30H42N2O11S. The summed E-state index contributed by atoms with van der Waals surface area (Å²) in [5.74, 6) is -2.29. The number of nitrogens with zero attached hydrogens (tertiary/aromatic N) is 1. The minimum absolute atomic E-state index is 0.0400. The highest BCUT2D eigenvalue weighted by Gasteiger charge is 2.68. The average molecular weight is 639 g/mol. The monoisotopic (exact) mass is 638 g/mol. The van der Waals surface area contributed by atoms with Gasteiger partial charge in [-0.2, -0.15) is 0 Å². The SMILES string of the molecule is CC(=O)NC(CSC(=O)CCCO[N+](=O)[O-])C(=O)OCC(=O)C1(O)CCC2C3CCC4=CC(=O)CCC4(C)C3C(O)CC21C. The van der Waals surface area contributed by atoms with Gasteiger partial charge in [-0.1, -0.05) is 31.2 Å². The molecule has 1 amide bonds. The maximum Gasteiger partial charge on any atom is 0.329 e. The highest BCUT2D eigenvalue weighted by molar-refractivity contribution is 8.13. The van der Waals surface area contributed by atoms with Crippen LogP contribution in [0.15, 0.2) is 11.6 Å². The van der Waals surface area contributed by atoms with Crippen molar-refractivity contribution < 1.29 is 48.8 Å². The lowest BCUT2D eigenvalue weighted by Crippen LogP contribution is -2.62. The molecule has 244 valence electrons. The molecule has 0 saturated heterocycles. The molecule has 0 radical (unpaired) electrons. The molecule has 0 spiro atoms. The van der Waals surface area contributed by atoms with Gasteiger partial charge in [0.15, 0.2) is 17.5 Å². The Morgan fingerprint density at radius 3 is 2.61 bits per heavy atom. The van der Waals surface area contributed by atoms with Gasteiger partial charge in [0.2, 0.25) is 11.7 Å². The Labute approximate surface area is 260 Å². The highest BCUT2D eigenvalue weighted by Crippen LogP contribution is 2.67. The number of nitrogens with one attached hydrogen (secondary N) is 1. The summed E-state index contributed by atoms with van der Waals surface area (Å²) in [7, 11) is 0. The van der Waals surface area contributed by atoms with Crippen molar-refractivity contribution in [2.45, 2.75) is 96.3 Å². The minimum Gasteiger partial charge on any atom is -0.456 e. The Bertz CT molecular complexity index is 1240. The number of ether oxygens (including phenoxy) is 1. The summed E-state index contributed by atoms with van der Waals surface area (Å²) in [5, 5.41) is 34.7. The van der Waals surface area contributed by atoms with E-state index in [1.165, 1.54) is 6.92 Å². The molecule has 14 heteroatoms. The van der Waals surface area contributed by atoms with Crippen molar-refractivity contribution in [1.82, 2.24) is 5.32 Å². The van der Waals surface area contributed by atoms with Gasteiger partial charge in [-0.25, -0.2) is 4.79 Å². The van der Waals surface area contributed by atoms with E-state index in [0.717, 1.165) is 30.2 Å². The Hall–Kier alpha value is -2.84. The van der Waals surface area contributed by atoms with Crippen LogP contribution >= 0.6 is 11.8 Å². The van der Waals surface area contributed by atoms with Crippen molar-refractivity contribution in [1.29, 1.82) is 0 Å². The topological polar surface area (TPSA) is 199 Å². The average Bonchev–Trinajstić information content (AvgIpc) is 3.22. The summed E-state index contributed by atoms with van der Waals surface area (Å²) in [6, 6.07) is -1.24. The number of esters is 1. The van der Waals surface area contributed by atoms with Crippen LogP contribution < -0.4 is 5.32 Å². The number of rotatable bonds is 12. The molecule has 3 N–H and O–H groups in total.